The summed E-state index contributed by atoms with van der Waals surface area (Å²) >= 11 is 0. The van der Waals surface area contributed by atoms with Gasteiger partial charge in [0.1, 0.15) is 12.4 Å². The van der Waals surface area contributed by atoms with Crippen molar-refractivity contribution in [3.8, 4) is 5.69 Å². The second-order valence-electron chi connectivity index (χ2n) is 4.23. The number of aromatic nitrogens is 2. The Bertz CT molecular complexity index is 792. The van der Waals surface area contributed by atoms with E-state index in [1.165, 1.54) is 24.5 Å². The van der Waals surface area contributed by atoms with Crippen LogP contribution in [0.1, 0.15) is 5.56 Å². The molecule has 0 aliphatic rings. The zero-order valence-corrected chi connectivity index (χ0v) is 10.5. The van der Waals surface area contributed by atoms with Gasteiger partial charge in [-0.1, -0.05) is 6.07 Å². The highest BCUT2D eigenvalue weighted by molar-refractivity contribution is 5.66. The lowest BCUT2D eigenvalue weighted by Crippen LogP contribution is -2.41. The molecular weight excluding hydrogens is 267 g/mol. The van der Waals surface area contributed by atoms with Crippen LogP contribution < -0.4 is 11.1 Å². The van der Waals surface area contributed by atoms with Gasteiger partial charge in [0.15, 0.2) is 0 Å². The Morgan fingerprint density at radius 2 is 1.95 bits per heavy atom. The molecule has 0 saturated carbocycles. The van der Waals surface area contributed by atoms with Crippen molar-refractivity contribution in [3.63, 3.8) is 0 Å². The van der Waals surface area contributed by atoms with E-state index < -0.39 is 29.4 Å². The molecule has 0 aliphatic heterocycles. The van der Waals surface area contributed by atoms with E-state index in [-0.39, 0.29) is 5.69 Å². The first-order chi connectivity index (χ1) is 9.40. The number of carboxylic acids is 1. The molecule has 0 aliphatic carbocycles. The third-order valence-electron chi connectivity index (χ3n) is 2.79. The average Bonchev–Trinajstić information content (AvgIpc) is 2.38. The molecule has 2 aromatic rings. The van der Waals surface area contributed by atoms with Gasteiger partial charge in [0.05, 0.1) is 5.69 Å². The molecule has 6 nitrogen and oxygen atoms in total. The van der Waals surface area contributed by atoms with Crippen molar-refractivity contribution in [1.29, 1.82) is 0 Å². The number of aliphatic carboxylic acids is 1. The Labute approximate surface area is 112 Å². The summed E-state index contributed by atoms with van der Waals surface area (Å²) in [6, 6.07) is 3.87. The van der Waals surface area contributed by atoms with Gasteiger partial charge in [-0.25, -0.2) is 4.39 Å². The topological polar surface area (TPSA) is 81.3 Å². The van der Waals surface area contributed by atoms with Gasteiger partial charge < -0.3 is 5.11 Å². The molecule has 0 saturated heterocycles. The molecule has 1 aromatic heterocycles. The fourth-order valence-corrected chi connectivity index (χ4v) is 1.81. The summed E-state index contributed by atoms with van der Waals surface area (Å²) in [7, 11) is 0. The molecule has 0 bridgehead atoms. The highest BCUT2D eigenvalue weighted by atomic mass is 19.1. The molecular formula is C13H11FN2O4. The van der Waals surface area contributed by atoms with E-state index in [0.29, 0.717) is 5.56 Å². The molecule has 0 radical (unpaired) electrons. The molecule has 1 aromatic carbocycles. The fourth-order valence-electron chi connectivity index (χ4n) is 1.81. The van der Waals surface area contributed by atoms with Gasteiger partial charge in [-0.2, -0.15) is 0 Å². The molecule has 0 unspecified atom stereocenters. The lowest BCUT2D eigenvalue weighted by atomic mass is 10.2. The number of halogens is 1. The molecule has 0 atom stereocenters. The molecule has 0 fully saturated rings. The lowest BCUT2D eigenvalue weighted by molar-refractivity contribution is -0.137. The molecule has 104 valence electrons. The highest BCUT2D eigenvalue weighted by Crippen LogP contribution is 2.13. The van der Waals surface area contributed by atoms with Gasteiger partial charge in [0, 0.05) is 12.4 Å². The van der Waals surface area contributed by atoms with Crippen LogP contribution >= 0.6 is 0 Å². The quantitative estimate of drug-likeness (QED) is 0.830. The number of benzene rings is 1. The van der Waals surface area contributed by atoms with Crippen LogP contribution in [0, 0.1) is 12.7 Å². The summed E-state index contributed by atoms with van der Waals surface area (Å²) in [5.74, 6) is -1.77. The standard InChI is InChI=1S/C13H11FN2O4/c1-8-2-3-9(14)6-10(8)16-5-4-15(7-11(17)18)12(19)13(16)20/h2-6H,7H2,1H3,(H,17,18). The smallest absolute Gasteiger partial charge is 0.323 e. The number of carboxylic acid groups (broad SMARTS) is 1. The van der Waals surface area contributed by atoms with Crippen molar-refractivity contribution in [2.45, 2.75) is 13.5 Å². The normalized spacial score (nSPS) is 10.5. The van der Waals surface area contributed by atoms with Crippen molar-refractivity contribution < 1.29 is 14.3 Å². The number of nitrogens with zero attached hydrogens (tertiary/aromatic N) is 2. The minimum absolute atomic E-state index is 0.245. The summed E-state index contributed by atoms with van der Waals surface area (Å²) in [6.45, 7) is 1.07. The van der Waals surface area contributed by atoms with E-state index in [4.69, 9.17) is 5.11 Å². The molecule has 20 heavy (non-hydrogen) atoms. The van der Waals surface area contributed by atoms with Gasteiger partial charge in [0.25, 0.3) is 0 Å². The van der Waals surface area contributed by atoms with E-state index in [0.717, 1.165) is 15.2 Å². The number of carbonyl (C=O) groups is 1. The SMILES string of the molecule is Cc1ccc(F)cc1-n1ccn(CC(=O)O)c(=O)c1=O. The van der Waals surface area contributed by atoms with Gasteiger partial charge >= 0.3 is 17.1 Å². The maximum Gasteiger partial charge on any atom is 0.323 e. The molecule has 0 spiro atoms. The van der Waals surface area contributed by atoms with Crippen LogP contribution in [0.2, 0.25) is 0 Å². The lowest BCUT2D eigenvalue weighted by Gasteiger charge is -2.10. The Hall–Kier alpha value is -2.70. The summed E-state index contributed by atoms with van der Waals surface area (Å²) in [5.41, 5.74) is -1.04. The first-order valence-electron chi connectivity index (χ1n) is 5.70. The zero-order valence-electron chi connectivity index (χ0n) is 10.5. The van der Waals surface area contributed by atoms with Crippen molar-refractivity contribution in [1.82, 2.24) is 9.13 Å². The first-order valence-corrected chi connectivity index (χ1v) is 5.70. The number of hydrogen-bond donors (Lipinski definition) is 1. The van der Waals surface area contributed by atoms with Crippen LogP contribution in [-0.4, -0.2) is 20.2 Å². The van der Waals surface area contributed by atoms with Crippen LogP contribution in [-0.2, 0) is 11.3 Å². The van der Waals surface area contributed by atoms with E-state index in [1.54, 1.807) is 6.92 Å². The Kier molecular flexibility index (Phi) is 3.51. The molecule has 1 heterocycles. The van der Waals surface area contributed by atoms with Gasteiger partial charge in [-0.15, -0.1) is 0 Å². The van der Waals surface area contributed by atoms with Crippen molar-refractivity contribution in [2.75, 3.05) is 0 Å². The summed E-state index contributed by atoms with van der Waals surface area (Å²) in [6.07, 6.45) is 2.43. The molecule has 7 heteroatoms. The predicted octanol–water partition coefficient (Wildman–Crippen LogP) is 0.531. The fraction of sp³-hybridized carbons (Fsp3) is 0.154. The minimum atomic E-state index is -1.23. The van der Waals surface area contributed by atoms with Gasteiger partial charge in [-0.3, -0.25) is 23.5 Å². The maximum absolute atomic E-state index is 13.2. The van der Waals surface area contributed by atoms with Crippen LogP contribution in [0.25, 0.3) is 5.69 Å². The minimum Gasteiger partial charge on any atom is -0.480 e. The van der Waals surface area contributed by atoms with Gasteiger partial charge in [-0.05, 0) is 24.6 Å². The highest BCUT2D eigenvalue weighted by Gasteiger charge is 2.11. The maximum atomic E-state index is 13.2. The summed E-state index contributed by atoms with van der Waals surface area (Å²) in [5, 5.41) is 8.63. The third kappa shape index (κ3) is 2.51. The van der Waals surface area contributed by atoms with E-state index >= 15 is 0 Å². The third-order valence-corrected chi connectivity index (χ3v) is 2.79. The number of aryl methyl sites for hydroxylation is 1. The zero-order chi connectivity index (χ0) is 14.9. The van der Waals surface area contributed by atoms with Crippen molar-refractivity contribution in [3.05, 3.63) is 62.7 Å². The van der Waals surface area contributed by atoms with E-state index in [1.807, 2.05) is 0 Å². The number of rotatable bonds is 3. The van der Waals surface area contributed by atoms with E-state index in [2.05, 4.69) is 0 Å². The van der Waals surface area contributed by atoms with Crippen LogP contribution in [0.3, 0.4) is 0 Å². The Morgan fingerprint density at radius 3 is 2.60 bits per heavy atom. The second kappa shape index (κ2) is 5.12. The first kappa shape index (κ1) is 13.7. The monoisotopic (exact) mass is 278 g/mol. The molecule has 1 N–H and O–H groups in total. The van der Waals surface area contributed by atoms with E-state index in [9.17, 15) is 18.8 Å². The Balaban J connectivity index is 2.63. The van der Waals surface area contributed by atoms with Crippen LogP contribution in [0.4, 0.5) is 4.39 Å². The molecule has 2 rings (SSSR count). The molecule has 0 amide bonds. The van der Waals surface area contributed by atoms with Crippen molar-refractivity contribution in [2.24, 2.45) is 0 Å². The van der Waals surface area contributed by atoms with Crippen molar-refractivity contribution >= 4 is 5.97 Å². The average molecular weight is 278 g/mol. The van der Waals surface area contributed by atoms with Crippen LogP contribution in [0.5, 0.6) is 0 Å². The second-order valence-corrected chi connectivity index (χ2v) is 4.23. The van der Waals surface area contributed by atoms with Gasteiger partial charge in [0.2, 0.25) is 0 Å². The predicted molar refractivity (Wildman–Crippen MR) is 68.6 cm³/mol. The largest absolute Gasteiger partial charge is 0.480 e. The number of hydrogen-bond acceptors (Lipinski definition) is 3. The van der Waals surface area contributed by atoms with Crippen LogP contribution in [0.15, 0.2) is 40.2 Å². The summed E-state index contributed by atoms with van der Waals surface area (Å²) in [4.78, 5) is 34.3. The Morgan fingerprint density at radius 1 is 1.25 bits per heavy atom. The summed E-state index contributed by atoms with van der Waals surface area (Å²) < 4.78 is 15.0.